The molecule has 1 aliphatic heterocycles. The topological polar surface area (TPSA) is 29.3 Å². The molecule has 0 aromatic heterocycles. The number of likely N-dealkylation sites (tertiary alicyclic amines) is 1. The van der Waals surface area contributed by atoms with E-state index in [2.05, 4.69) is 4.90 Å². The van der Waals surface area contributed by atoms with Gasteiger partial charge in [-0.15, -0.1) is 24.8 Å². The van der Waals surface area contributed by atoms with Gasteiger partial charge in [-0.05, 0) is 31.7 Å². The molecule has 1 saturated heterocycles. The molecule has 1 unspecified atom stereocenters. The highest BCUT2D eigenvalue weighted by Gasteiger charge is 2.23. The average molecular weight is 241 g/mol. The Morgan fingerprint density at radius 2 is 1.71 bits per heavy atom. The van der Waals surface area contributed by atoms with Crippen molar-refractivity contribution in [2.45, 2.75) is 38.1 Å². The van der Waals surface area contributed by atoms with Crippen molar-refractivity contribution in [2.75, 3.05) is 19.6 Å². The van der Waals surface area contributed by atoms with Crippen LogP contribution in [0.4, 0.5) is 0 Å². The van der Waals surface area contributed by atoms with Crippen LogP contribution in [-0.2, 0) is 0 Å². The third-order valence-electron chi connectivity index (χ3n) is 3.30. The maximum atomic E-state index is 5.86. The number of rotatable bonds is 2. The molecule has 1 heterocycles. The maximum Gasteiger partial charge on any atom is 0.0180 e. The molecule has 2 nitrogen and oxygen atoms in total. The van der Waals surface area contributed by atoms with Crippen molar-refractivity contribution in [3.05, 3.63) is 0 Å². The van der Waals surface area contributed by atoms with Gasteiger partial charge in [-0.1, -0.05) is 12.8 Å². The smallest absolute Gasteiger partial charge is 0.0180 e. The molecule has 2 aliphatic rings. The monoisotopic (exact) mass is 240 g/mol. The lowest BCUT2D eigenvalue weighted by molar-refractivity contribution is 0.277. The first-order chi connectivity index (χ1) is 5.84. The van der Waals surface area contributed by atoms with Crippen molar-refractivity contribution in [3.8, 4) is 0 Å². The number of halogens is 2. The minimum atomic E-state index is 0. The Bertz CT molecular complexity index is 149. The summed E-state index contributed by atoms with van der Waals surface area (Å²) in [6, 6.07) is 0.464. The Labute approximate surface area is 99.4 Å². The molecule has 0 amide bonds. The molecule has 2 N–H and O–H groups in total. The van der Waals surface area contributed by atoms with Crippen molar-refractivity contribution in [2.24, 2.45) is 11.7 Å². The van der Waals surface area contributed by atoms with Crippen LogP contribution in [0, 0.1) is 5.92 Å². The molecule has 0 spiro atoms. The summed E-state index contributed by atoms with van der Waals surface area (Å²) in [5, 5.41) is 0. The van der Waals surface area contributed by atoms with Crippen molar-refractivity contribution < 1.29 is 0 Å². The summed E-state index contributed by atoms with van der Waals surface area (Å²) in [5.74, 6) is 0.996. The number of nitrogens with two attached hydrogens (primary N) is 1. The van der Waals surface area contributed by atoms with Gasteiger partial charge in [0.2, 0.25) is 0 Å². The van der Waals surface area contributed by atoms with E-state index < -0.39 is 0 Å². The summed E-state index contributed by atoms with van der Waals surface area (Å²) in [5.41, 5.74) is 5.86. The van der Waals surface area contributed by atoms with Gasteiger partial charge < -0.3 is 10.6 Å². The fourth-order valence-electron chi connectivity index (χ4n) is 2.59. The SMILES string of the molecule is Cl.Cl.NC1CCN(CC2CCCC2)C1. The Hall–Kier alpha value is 0.500. The van der Waals surface area contributed by atoms with Crippen LogP contribution in [0.25, 0.3) is 0 Å². The lowest BCUT2D eigenvalue weighted by Crippen LogP contribution is -2.30. The second-order valence-electron chi connectivity index (χ2n) is 4.46. The number of nitrogens with zero attached hydrogens (tertiary/aromatic N) is 1. The zero-order valence-electron chi connectivity index (χ0n) is 8.65. The summed E-state index contributed by atoms with van der Waals surface area (Å²) in [6.07, 6.45) is 7.07. The molecule has 1 aliphatic carbocycles. The van der Waals surface area contributed by atoms with Crippen molar-refractivity contribution in [3.63, 3.8) is 0 Å². The van der Waals surface area contributed by atoms with Gasteiger partial charge in [0.05, 0.1) is 0 Å². The van der Waals surface area contributed by atoms with Gasteiger partial charge in [0.15, 0.2) is 0 Å². The molecule has 4 heteroatoms. The summed E-state index contributed by atoms with van der Waals surface area (Å²) in [4.78, 5) is 2.56. The highest BCUT2D eigenvalue weighted by atomic mass is 35.5. The van der Waals surface area contributed by atoms with E-state index in [1.54, 1.807) is 0 Å². The summed E-state index contributed by atoms with van der Waals surface area (Å²) in [6.45, 7) is 3.72. The molecule has 1 saturated carbocycles. The van der Waals surface area contributed by atoms with Gasteiger partial charge in [0.1, 0.15) is 0 Å². The average Bonchev–Trinajstić information content (AvgIpc) is 2.63. The Kier molecular flexibility index (Phi) is 7.13. The molecular formula is C10H22Cl2N2. The van der Waals surface area contributed by atoms with E-state index in [0.717, 1.165) is 12.5 Å². The molecule has 2 rings (SSSR count). The molecular weight excluding hydrogens is 219 g/mol. The van der Waals surface area contributed by atoms with Crippen LogP contribution in [0.2, 0.25) is 0 Å². The van der Waals surface area contributed by atoms with E-state index in [9.17, 15) is 0 Å². The first-order valence-electron chi connectivity index (χ1n) is 5.32. The Morgan fingerprint density at radius 1 is 1.07 bits per heavy atom. The van der Waals surface area contributed by atoms with E-state index in [-0.39, 0.29) is 24.8 Å². The number of hydrogen-bond donors (Lipinski definition) is 1. The second kappa shape index (κ2) is 6.89. The van der Waals surface area contributed by atoms with E-state index in [1.165, 1.54) is 45.2 Å². The number of hydrogen-bond acceptors (Lipinski definition) is 2. The first kappa shape index (κ1) is 14.5. The first-order valence-corrected chi connectivity index (χ1v) is 5.32. The van der Waals surface area contributed by atoms with Crippen LogP contribution >= 0.6 is 24.8 Å². The van der Waals surface area contributed by atoms with Gasteiger partial charge in [-0.2, -0.15) is 0 Å². The van der Waals surface area contributed by atoms with Crippen molar-refractivity contribution >= 4 is 24.8 Å². The van der Waals surface area contributed by atoms with E-state index in [1.807, 2.05) is 0 Å². The van der Waals surface area contributed by atoms with Crippen molar-refractivity contribution in [1.29, 1.82) is 0 Å². The molecule has 14 heavy (non-hydrogen) atoms. The highest BCUT2D eigenvalue weighted by molar-refractivity contribution is 5.85. The van der Waals surface area contributed by atoms with Gasteiger partial charge in [-0.3, -0.25) is 0 Å². The predicted molar refractivity (Wildman–Crippen MR) is 65.5 cm³/mol. The van der Waals surface area contributed by atoms with Crippen LogP contribution in [-0.4, -0.2) is 30.6 Å². The largest absolute Gasteiger partial charge is 0.326 e. The highest BCUT2D eigenvalue weighted by Crippen LogP contribution is 2.26. The van der Waals surface area contributed by atoms with Crippen LogP contribution < -0.4 is 5.73 Å². The summed E-state index contributed by atoms with van der Waals surface area (Å²) >= 11 is 0. The van der Waals surface area contributed by atoms with Gasteiger partial charge >= 0.3 is 0 Å². The maximum absolute atomic E-state index is 5.86. The Balaban J connectivity index is 0.000000845. The molecule has 0 aromatic carbocycles. The van der Waals surface area contributed by atoms with E-state index in [0.29, 0.717) is 6.04 Å². The van der Waals surface area contributed by atoms with Gasteiger partial charge in [0, 0.05) is 19.1 Å². The molecule has 0 radical (unpaired) electrons. The van der Waals surface area contributed by atoms with Crippen LogP contribution in [0.1, 0.15) is 32.1 Å². The third kappa shape index (κ3) is 3.93. The molecule has 0 bridgehead atoms. The molecule has 0 aromatic rings. The quantitative estimate of drug-likeness (QED) is 0.801. The van der Waals surface area contributed by atoms with E-state index in [4.69, 9.17) is 5.73 Å². The van der Waals surface area contributed by atoms with Crippen LogP contribution in [0.5, 0.6) is 0 Å². The fourth-order valence-corrected chi connectivity index (χ4v) is 2.59. The molecule has 1 atom stereocenters. The van der Waals surface area contributed by atoms with Gasteiger partial charge in [-0.25, -0.2) is 0 Å². The lowest BCUT2D eigenvalue weighted by Gasteiger charge is -2.19. The van der Waals surface area contributed by atoms with Crippen LogP contribution in [0.3, 0.4) is 0 Å². The minimum absolute atomic E-state index is 0. The standard InChI is InChI=1S/C10H20N2.2ClH/c11-10-5-6-12(8-10)7-9-3-1-2-4-9;;/h9-10H,1-8,11H2;2*1H. The zero-order chi connectivity index (χ0) is 8.39. The second-order valence-corrected chi connectivity index (χ2v) is 4.46. The lowest BCUT2D eigenvalue weighted by atomic mass is 10.1. The van der Waals surface area contributed by atoms with E-state index >= 15 is 0 Å². The van der Waals surface area contributed by atoms with Crippen molar-refractivity contribution in [1.82, 2.24) is 4.90 Å². The predicted octanol–water partition coefficient (Wildman–Crippen LogP) is 2.05. The van der Waals surface area contributed by atoms with Crippen LogP contribution in [0.15, 0.2) is 0 Å². The fraction of sp³-hybridized carbons (Fsp3) is 1.00. The minimum Gasteiger partial charge on any atom is -0.326 e. The Morgan fingerprint density at radius 3 is 2.21 bits per heavy atom. The molecule has 2 fully saturated rings. The molecule has 86 valence electrons. The third-order valence-corrected chi connectivity index (χ3v) is 3.30. The summed E-state index contributed by atoms with van der Waals surface area (Å²) < 4.78 is 0. The normalized spacial score (nSPS) is 28.5. The van der Waals surface area contributed by atoms with Gasteiger partial charge in [0.25, 0.3) is 0 Å². The zero-order valence-corrected chi connectivity index (χ0v) is 10.3. The summed E-state index contributed by atoms with van der Waals surface area (Å²) in [7, 11) is 0.